The Morgan fingerprint density at radius 1 is 0.889 bits per heavy atom. The second kappa shape index (κ2) is 6.20. The van der Waals surface area contributed by atoms with Gasteiger partial charge in [0.15, 0.2) is 0 Å². The van der Waals surface area contributed by atoms with Crippen LogP contribution >= 0.6 is 0 Å². The molecule has 2 amide bonds. The van der Waals surface area contributed by atoms with Gasteiger partial charge >= 0.3 is 0 Å². The molecule has 4 rings (SSSR count). The lowest BCUT2D eigenvalue weighted by molar-refractivity contribution is -0.125. The lowest BCUT2D eigenvalue weighted by Gasteiger charge is -2.27. The van der Waals surface area contributed by atoms with Crippen molar-refractivity contribution in [1.29, 1.82) is 0 Å². The highest BCUT2D eigenvalue weighted by molar-refractivity contribution is 6.24. The second-order valence-corrected chi connectivity index (χ2v) is 7.50. The standard InChI is InChI=1S/C22H21N3O2/c1-15-19-18(23-25(15)17-12-8-5-9-13-17)14-22(2,3)21(27)24(20(19)26)16-10-6-4-7-11-16/h4-13H,14H2,1-3H3. The van der Waals surface area contributed by atoms with Crippen molar-refractivity contribution in [2.24, 2.45) is 5.41 Å². The van der Waals surface area contributed by atoms with Crippen molar-refractivity contribution in [3.8, 4) is 5.69 Å². The summed E-state index contributed by atoms with van der Waals surface area (Å²) in [5.74, 6) is -0.520. The molecule has 0 unspecified atom stereocenters. The third kappa shape index (κ3) is 2.76. The van der Waals surface area contributed by atoms with Gasteiger partial charge in [-0.2, -0.15) is 5.10 Å². The van der Waals surface area contributed by atoms with Gasteiger partial charge in [-0.15, -0.1) is 0 Å². The van der Waals surface area contributed by atoms with Gasteiger partial charge in [0.2, 0.25) is 5.91 Å². The number of carbonyl (C=O) groups excluding carboxylic acids is 2. The van der Waals surface area contributed by atoms with Gasteiger partial charge in [0.1, 0.15) is 0 Å². The fourth-order valence-electron chi connectivity index (χ4n) is 3.60. The van der Waals surface area contributed by atoms with E-state index >= 15 is 0 Å². The first-order chi connectivity index (χ1) is 12.9. The first-order valence-electron chi connectivity index (χ1n) is 8.98. The van der Waals surface area contributed by atoms with Crippen LogP contribution in [0.15, 0.2) is 60.7 Å². The number of imide groups is 1. The molecule has 0 spiro atoms. The Hall–Kier alpha value is -3.21. The van der Waals surface area contributed by atoms with Crippen LogP contribution in [0.25, 0.3) is 5.69 Å². The summed E-state index contributed by atoms with van der Waals surface area (Å²) in [6.45, 7) is 5.61. The van der Waals surface area contributed by atoms with Crippen LogP contribution in [-0.2, 0) is 11.2 Å². The molecule has 1 aliphatic rings. The van der Waals surface area contributed by atoms with Crippen molar-refractivity contribution in [2.75, 3.05) is 4.90 Å². The summed E-state index contributed by atoms with van der Waals surface area (Å²) in [7, 11) is 0. The van der Waals surface area contributed by atoms with E-state index in [1.165, 1.54) is 4.90 Å². The van der Waals surface area contributed by atoms with E-state index in [0.29, 0.717) is 23.4 Å². The predicted octanol–water partition coefficient (Wildman–Crippen LogP) is 3.94. The molecule has 0 fully saturated rings. The van der Waals surface area contributed by atoms with E-state index in [4.69, 9.17) is 5.10 Å². The van der Waals surface area contributed by atoms with Crippen LogP contribution in [0, 0.1) is 12.3 Å². The lowest BCUT2D eigenvalue weighted by Crippen LogP contribution is -2.43. The summed E-state index contributed by atoms with van der Waals surface area (Å²) in [4.78, 5) is 27.9. The summed E-state index contributed by atoms with van der Waals surface area (Å²) < 4.78 is 1.79. The SMILES string of the molecule is Cc1c2c(nn1-c1ccccc1)CC(C)(C)C(=O)N(c1ccccc1)C2=O. The molecule has 136 valence electrons. The third-order valence-corrected chi connectivity index (χ3v) is 5.01. The Balaban J connectivity index is 1.92. The maximum Gasteiger partial charge on any atom is 0.268 e. The van der Waals surface area contributed by atoms with E-state index in [1.54, 1.807) is 16.8 Å². The van der Waals surface area contributed by atoms with Crippen molar-refractivity contribution in [2.45, 2.75) is 27.2 Å². The Bertz CT molecular complexity index is 1020. The quantitative estimate of drug-likeness (QED) is 0.651. The number of benzene rings is 2. The average molecular weight is 359 g/mol. The topological polar surface area (TPSA) is 55.2 Å². The van der Waals surface area contributed by atoms with Crippen LogP contribution < -0.4 is 4.90 Å². The fourth-order valence-corrected chi connectivity index (χ4v) is 3.60. The summed E-state index contributed by atoms with van der Waals surface area (Å²) in [5, 5.41) is 4.71. The minimum Gasteiger partial charge on any atom is -0.273 e. The van der Waals surface area contributed by atoms with Crippen LogP contribution in [0.4, 0.5) is 5.69 Å². The molecule has 0 N–H and O–H groups in total. The zero-order valence-corrected chi connectivity index (χ0v) is 15.6. The number of rotatable bonds is 2. The molecule has 1 aromatic heterocycles. The Kier molecular flexibility index (Phi) is 3.95. The minimum atomic E-state index is -0.737. The van der Waals surface area contributed by atoms with Gasteiger partial charge < -0.3 is 0 Å². The summed E-state index contributed by atoms with van der Waals surface area (Å²) >= 11 is 0. The van der Waals surface area contributed by atoms with Crippen molar-refractivity contribution in [1.82, 2.24) is 9.78 Å². The van der Waals surface area contributed by atoms with E-state index in [0.717, 1.165) is 11.4 Å². The van der Waals surface area contributed by atoms with E-state index < -0.39 is 5.41 Å². The van der Waals surface area contributed by atoms with E-state index in [2.05, 4.69) is 0 Å². The number of anilines is 1. The van der Waals surface area contributed by atoms with Gasteiger partial charge in [-0.25, -0.2) is 9.58 Å². The first kappa shape index (κ1) is 17.2. The summed E-state index contributed by atoms with van der Waals surface area (Å²) in [6, 6.07) is 18.8. The number of para-hydroxylation sites is 2. The highest BCUT2D eigenvalue weighted by Gasteiger charge is 2.43. The lowest BCUT2D eigenvalue weighted by atomic mass is 9.86. The molecule has 0 saturated heterocycles. The molecule has 3 aromatic rings. The molecule has 5 nitrogen and oxygen atoms in total. The monoisotopic (exact) mass is 359 g/mol. The molecule has 5 heteroatoms. The van der Waals surface area contributed by atoms with E-state index in [1.807, 2.05) is 69.3 Å². The molecular formula is C22H21N3O2. The minimum absolute atomic E-state index is 0.206. The molecule has 0 aliphatic carbocycles. The van der Waals surface area contributed by atoms with Crippen LogP contribution in [0.5, 0.6) is 0 Å². The highest BCUT2D eigenvalue weighted by Crippen LogP contribution is 2.35. The van der Waals surface area contributed by atoms with Crippen LogP contribution in [0.1, 0.15) is 35.6 Å². The zero-order chi connectivity index (χ0) is 19.2. The molecule has 0 radical (unpaired) electrons. The number of nitrogens with zero attached hydrogens (tertiary/aromatic N) is 3. The number of hydrogen-bond donors (Lipinski definition) is 0. The molecule has 2 heterocycles. The average Bonchev–Trinajstić information content (AvgIpc) is 2.95. The molecule has 27 heavy (non-hydrogen) atoms. The third-order valence-electron chi connectivity index (χ3n) is 5.01. The maximum atomic E-state index is 13.5. The van der Waals surface area contributed by atoms with Gasteiger partial charge in [-0.3, -0.25) is 9.59 Å². The molecule has 0 saturated carbocycles. The molecule has 0 atom stereocenters. The van der Waals surface area contributed by atoms with Crippen molar-refractivity contribution < 1.29 is 9.59 Å². The van der Waals surface area contributed by atoms with Gasteiger partial charge in [0.25, 0.3) is 5.91 Å². The maximum absolute atomic E-state index is 13.5. The van der Waals surface area contributed by atoms with Crippen LogP contribution in [0.2, 0.25) is 0 Å². The molecule has 0 bridgehead atoms. The van der Waals surface area contributed by atoms with E-state index in [-0.39, 0.29) is 11.8 Å². The van der Waals surface area contributed by atoms with Gasteiger partial charge in [-0.05, 0) is 31.2 Å². The summed E-state index contributed by atoms with van der Waals surface area (Å²) in [5.41, 5.74) is 2.66. The first-order valence-corrected chi connectivity index (χ1v) is 8.98. The predicted molar refractivity (Wildman–Crippen MR) is 104 cm³/mol. The highest BCUT2D eigenvalue weighted by atomic mass is 16.2. The zero-order valence-electron chi connectivity index (χ0n) is 15.6. The Morgan fingerprint density at radius 2 is 1.44 bits per heavy atom. The van der Waals surface area contributed by atoms with Crippen molar-refractivity contribution in [3.63, 3.8) is 0 Å². The number of carbonyl (C=O) groups is 2. The molecule has 1 aliphatic heterocycles. The Labute approximate surface area is 158 Å². The smallest absolute Gasteiger partial charge is 0.268 e. The number of fused-ring (bicyclic) bond motifs is 1. The molecular weight excluding hydrogens is 338 g/mol. The van der Waals surface area contributed by atoms with Gasteiger partial charge in [0.05, 0.1) is 33.7 Å². The normalized spacial score (nSPS) is 16.2. The Morgan fingerprint density at radius 3 is 2.04 bits per heavy atom. The van der Waals surface area contributed by atoms with Crippen LogP contribution in [-0.4, -0.2) is 21.6 Å². The molecule has 2 aromatic carbocycles. The van der Waals surface area contributed by atoms with Crippen molar-refractivity contribution >= 4 is 17.5 Å². The van der Waals surface area contributed by atoms with Crippen LogP contribution in [0.3, 0.4) is 0 Å². The van der Waals surface area contributed by atoms with E-state index in [9.17, 15) is 9.59 Å². The largest absolute Gasteiger partial charge is 0.273 e. The fraction of sp³-hybridized carbons (Fsp3) is 0.227. The van der Waals surface area contributed by atoms with Gasteiger partial charge in [-0.1, -0.05) is 50.2 Å². The van der Waals surface area contributed by atoms with Gasteiger partial charge in [0, 0.05) is 6.42 Å². The van der Waals surface area contributed by atoms with Crippen molar-refractivity contribution in [3.05, 3.63) is 77.6 Å². The number of hydrogen-bond acceptors (Lipinski definition) is 3. The number of amides is 2. The number of aromatic nitrogens is 2. The summed E-state index contributed by atoms with van der Waals surface area (Å²) in [6.07, 6.45) is 0.414. The second-order valence-electron chi connectivity index (χ2n) is 7.50.